The van der Waals surface area contributed by atoms with E-state index < -0.39 is 0 Å². The molecule has 1 atom stereocenters. The zero-order chi connectivity index (χ0) is 17.8. The lowest BCUT2D eigenvalue weighted by molar-refractivity contribution is -0.134. The number of benzene rings is 1. The number of carbonyl (C=O) groups excluding carboxylic acids is 2. The van der Waals surface area contributed by atoms with Gasteiger partial charge in [-0.15, -0.1) is 0 Å². The fourth-order valence-corrected chi connectivity index (χ4v) is 3.26. The monoisotopic (exact) mass is 363 g/mol. The van der Waals surface area contributed by atoms with Gasteiger partial charge < -0.3 is 10.2 Å². The number of piperazine rings is 1. The number of amides is 2. The predicted molar refractivity (Wildman–Crippen MR) is 98.6 cm³/mol. The third-order valence-electron chi connectivity index (χ3n) is 5.06. The first kappa shape index (κ1) is 18.2. The average Bonchev–Trinajstić information content (AvgIpc) is 3.44. The highest BCUT2D eigenvalue weighted by molar-refractivity contribution is 6.30. The Hall–Kier alpha value is -1.59. The summed E-state index contributed by atoms with van der Waals surface area (Å²) in [6.07, 6.45) is 3.46. The summed E-state index contributed by atoms with van der Waals surface area (Å²) in [5.74, 6) is 0.301. The molecule has 1 aliphatic heterocycles. The Labute approximate surface area is 154 Å². The summed E-state index contributed by atoms with van der Waals surface area (Å²) in [5.41, 5.74) is 1.13. The van der Waals surface area contributed by atoms with E-state index in [4.69, 9.17) is 11.6 Å². The van der Waals surface area contributed by atoms with Crippen molar-refractivity contribution >= 4 is 23.4 Å². The Morgan fingerprint density at radius 2 is 1.80 bits per heavy atom. The number of nitrogens with one attached hydrogen (secondary N) is 1. The van der Waals surface area contributed by atoms with Gasteiger partial charge in [-0.2, -0.15) is 0 Å². The SMILES string of the molecule is CC(C(=O)NC1CC1)N1CCN(C(=O)CCc2ccc(Cl)cc2)CC1. The number of aryl methyl sites for hydroxylation is 1. The van der Waals surface area contributed by atoms with Crippen LogP contribution < -0.4 is 5.32 Å². The highest BCUT2D eigenvalue weighted by atomic mass is 35.5. The number of nitrogens with zero attached hydrogens (tertiary/aromatic N) is 2. The molecule has 0 radical (unpaired) electrons. The maximum atomic E-state index is 12.4. The fraction of sp³-hybridized carbons (Fsp3) is 0.579. The van der Waals surface area contributed by atoms with Gasteiger partial charge in [0.15, 0.2) is 0 Å². The van der Waals surface area contributed by atoms with E-state index in [1.165, 1.54) is 0 Å². The normalized spacial score (nSPS) is 19.5. The summed E-state index contributed by atoms with van der Waals surface area (Å²) in [6.45, 7) is 4.86. The van der Waals surface area contributed by atoms with E-state index >= 15 is 0 Å². The molecule has 1 saturated carbocycles. The molecule has 2 amide bonds. The Balaban J connectivity index is 1.40. The second-order valence-electron chi connectivity index (χ2n) is 7.00. The summed E-state index contributed by atoms with van der Waals surface area (Å²) in [4.78, 5) is 28.6. The molecule has 0 spiro atoms. The number of hydrogen-bond donors (Lipinski definition) is 1. The van der Waals surface area contributed by atoms with Gasteiger partial charge >= 0.3 is 0 Å². The van der Waals surface area contributed by atoms with E-state index in [0.717, 1.165) is 37.9 Å². The largest absolute Gasteiger partial charge is 0.352 e. The maximum Gasteiger partial charge on any atom is 0.237 e. The van der Waals surface area contributed by atoms with Crippen molar-refractivity contribution in [3.8, 4) is 0 Å². The molecule has 25 heavy (non-hydrogen) atoms. The average molecular weight is 364 g/mol. The molecule has 1 unspecified atom stereocenters. The van der Waals surface area contributed by atoms with Crippen molar-refractivity contribution in [2.24, 2.45) is 0 Å². The standard InChI is InChI=1S/C19H26ClN3O2/c1-14(19(25)21-17-7-8-17)22-10-12-23(13-11-22)18(24)9-4-15-2-5-16(20)6-3-15/h2-3,5-6,14,17H,4,7-13H2,1H3,(H,21,25). The third-order valence-corrected chi connectivity index (χ3v) is 5.31. The van der Waals surface area contributed by atoms with Crippen LogP contribution in [0.25, 0.3) is 0 Å². The molecule has 6 heteroatoms. The first-order valence-corrected chi connectivity index (χ1v) is 9.47. The van der Waals surface area contributed by atoms with Gasteiger partial charge in [0.2, 0.25) is 11.8 Å². The Morgan fingerprint density at radius 3 is 2.40 bits per heavy atom. The van der Waals surface area contributed by atoms with Crippen LogP contribution in [0.1, 0.15) is 31.7 Å². The molecule has 3 rings (SSSR count). The zero-order valence-electron chi connectivity index (χ0n) is 14.7. The first-order valence-electron chi connectivity index (χ1n) is 9.09. The van der Waals surface area contributed by atoms with Crippen LogP contribution in [0.15, 0.2) is 24.3 Å². The van der Waals surface area contributed by atoms with E-state index in [1.807, 2.05) is 36.1 Å². The van der Waals surface area contributed by atoms with E-state index in [2.05, 4.69) is 10.2 Å². The van der Waals surface area contributed by atoms with Gasteiger partial charge in [-0.3, -0.25) is 14.5 Å². The molecule has 2 aliphatic rings. The van der Waals surface area contributed by atoms with Crippen LogP contribution in [0.4, 0.5) is 0 Å². The van der Waals surface area contributed by atoms with Gasteiger partial charge in [0.25, 0.3) is 0 Å². The van der Waals surface area contributed by atoms with Gasteiger partial charge in [0, 0.05) is 43.7 Å². The molecule has 1 aliphatic carbocycles. The van der Waals surface area contributed by atoms with Gasteiger partial charge in [-0.25, -0.2) is 0 Å². The first-order chi connectivity index (χ1) is 12.0. The highest BCUT2D eigenvalue weighted by Crippen LogP contribution is 2.19. The zero-order valence-corrected chi connectivity index (χ0v) is 15.5. The number of carbonyl (C=O) groups is 2. The lowest BCUT2D eigenvalue weighted by Gasteiger charge is -2.37. The number of hydrogen-bond acceptors (Lipinski definition) is 3. The van der Waals surface area contributed by atoms with Crippen molar-refractivity contribution in [1.29, 1.82) is 0 Å². The van der Waals surface area contributed by atoms with Crippen molar-refractivity contribution < 1.29 is 9.59 Å². The molecule has 1 saturated heterocycles. The van der Waals surface area contributed by atoms with Crippen molar-refractivity contribution in [3.05, 3.63) is 34.9 Å². The van der Waals surface area contributed by atoms with Gasteiger partial charge in [0.1, 0.15) is 0 Å². The van der Waals surface area contributed by atoms with E-state index in [1.54, 1.807) is 0 Å². The Kier molecular flexibility index (Phi) is 5.97. The minimum absolute atomic E-state index is 0.116. The third kappa shape index (κ3) is 5.19. The maximum absolute atomic E-state index is 12.4. The summed E-state index contributed by atoms with van der Waals surface area (Å²) in [5, 5.41) is 3.77. The summed E-state index contributed by atoms with van der Waals surface area (Å²) in [6, 6.07) is 7.92. The minimum atomic E-state index is -0.119. The van der Waals surface area contributed by atoms with Crippen LogP contribution >= 0.6 is 11.6 Å². The van der Waals surface area contributed by atoms with E-state index in [0.29, 0.717) is 30.6 Å². The summed E-state index contributed by atoms with van der Waals surface area (Å²) in [7, 11) is 0. The molecule has 1 heterocycles. The van der Waals surface area contributed by atoms with Crippen LogP contribution in [0, 0.1) is 0 Å². The van der Waals surface area contributed by atoms with Crippen LogP contribution in [0.3, 0.4) is 0 Å². The van der Waals surface area contributed by atoms with Gasteiger partial charge in [-0.1, -0.05) is 23.7 Å². The number of rotatable bonds is 6. The molecular weight excluding hydrogens is 338 g/mol. The smallest absolute Gasteiger partial charge is 0.237 e. The van der Waals surface area contributed by atoms with Crippen LogP contribution in [0.2, 0.25) is 5.02 Å². The van der Waals surface area contributed by atoms with Crippen molar-refractivity contribution in [2.45, 2.75) is 44.7 Å². The van der Waals surface area contributed by atoms with E-state index in [9.17, 15) is 9.59 Å². The lowest BCUT2D eigenvalue weighted by Crippen LogP contribution is -2.55. The van der Waals surface area contributed by atoms with Gasteiger partial charge in [-0.05, 0) is 43.9 Å². The molecule has 0 bridgehead atoms. The van der Waals surface area contributed by atoms with E-state index in [-0.39, 0.29) is 17.9 Å². The molecule has 136 valence electrons. The van der Waals surface area contributed by atoms with Crippen molar-refractivity contribution in [2.75, 3.05) is 26.2 Å². The van der Waals surface area contributed by atoms with Crippen LogP contribution in [-0.2, 0) is 16.0 Å². The fourth-order valence-electron chi connectivity index (χ4n) is 3.13. The molecule has 2 fully saturated rings. The van der Waals surface area contributed by atoms with Crippen LogP contribution in [-0.4, -0.2) is 59.9 Å². The number of halogens is 1. The second-order valence-corrected chi connectivity index (χ2v) is 7.44. The molecular formula is C19H26ClN3O2. The summed E-state index contributed by atoms with van der Waals surface area (Å²) >= 11 is 5.88. The Bertz CT molecular complexity index is 608. The van der Waals surface area contributed by atoms with Crippen molar-refractivity contribution in [1.82, 2.24) is 15.1 Å². The quantitative estimate of drug-likeness (QED) is 0.842. The highest BCUT2D eigenvalue weighted by Gasteiger charge is 2.30. The molecule has 5 nitrogen and oxygen atoms in total. The molecule has 0 aromatic heterocycles. The summed E-state index contributed by atoms with van der Waals surface area (Å²) < 4.78 is 0. The van der Waals surface area contributed by atoms with Crippen LogP contribution in [0.5, 0.6) is 0 Å². The second kappa shape index (κ2) is 8.19. The Morgan fingerprint density at radius 1 is 1.16 bits per heavy atom. The topological polar surface area (TPSA) is 52.7 Å². The molecule has 1 N–H and O–H groups in total. The van der Waals surface area contributed by atoms with Crippen molar-refractivity contribution in [3.63, 3.8) is 0 Å². The molecule has 1 aromatic rings. The van der Waals surface area contributed by atoms with Gasteiger partial charge in [0.05, 0.1) is 6.04 Å². The lowest BCUT2D eigenvalue weighted by atomic mass is 10.1. The predicted octanol–water partition coefficient (Wildman–Crippen LogP) is 2.08. The molecule has 1 aromatic carbocycles. The minimum Gasteiger partial charge on any atom is -0.352 e.